The van der Waals surface area contributed by atoms with Gasteiger partial charge < -0.3 is 10.1 Å². The summed E-state index contributed by atoms with van der Waals surface area (Å²) in [6.07, 6.45) is -1.12. The van der Waals surface area contributed by atoms with Crippen molar-refractivity contribution in [3.05, 3.63) is 65.2 Å². The van der Waals surface area contributed by atoms with Crippen molar-refractivity contribution in [2.75, 3.05) is 5.32 Å². The maximum absolute atomic E-state index is 13.1. The summed E-state index contributed by atoms with van der Waals surface area (Å²) in [6, 6.07) is 9.64. The molecule has 6 heteroatoms. The Labute approximate surface area is 144 Å². The molecule has 0 spiro atoms. The number of carbonyl (C=O) groups is 2. The van der Waals surface area contributed by atoms with Gasteiger partial charge in [0.2, 0.25) is 0 Å². The van der Waals surface area contributed by atoms with Gasteiger partial charge in [-0.2, -0.15) is 0 Å². The van der Waals surface area contributed by atoms with Crippen molar-refractivity contribution in [3.8, 4) is 0 Å². The quantitative estimate of drug-likeness (QED) is 0.822. The summed E-state index contributed by atoms with van der Waals surface area (Å²) in [5, 5.41) is 2.62. The highest BCUT2D eigenvalue weighted by Gasteiger charge is 2.20. The summed E-state index contributed by atoms with van der Waals surface area (Å²) >= 11 is 0. The van der Waals surface area contributed by atoms with Crippen LogP contribution in [0.2, 0.25) is 0 Å². The third-order valence-corrected chi connectivity index (χ3v) is 3.60. The van der Waals surface area contributed by atoms with E-state index in [2.05, 4.69) is 19.2 Å². The molecule has 0 aromatic heterocycles. The number of halogens is 2. The van der Waals surface area contributed by atoms with Gasteiger partial charge in [0.15, 0.2) is 6.10 Å². The van der Waals surface area contributed by atoms with Crippen LogP contribution in [0.15, 0.2) is 42.5 Å². The average Bonchev–Trinajstić information content (AvgIpc) is 2.54. The summed E-state index contributed by atoms with van der Waals surface area (Å²) in [5.74, 6) is -2.93. The fourth-order valence-electron chi connectivity index (χ4n) is 2.15. The number of hydrogen-bond acceptors (Lipinski definition) is 3. The first-order valence-electron chi connectivity index (χ1n) is 7.84. The van der Waals surface area contributed by atoms with Crippen LogP contribution in [0.4, 0.5) is 14.5 Å². The highest BCUT2D eigenvalue weighted by molar-refractivity contribution is 5.97. The number of hydrogen-bond donors (Lipinski definition) is 1. The Balaban J connectivity index is 1.98. The van der Waals surface area contributed by atoms with Gasteiger partial charge in [-0.05, 0) is 42.7 Å². The van der Waals surface area contributed by atoms with Gasteiger partial charge in [0, 0.05) is 11.8 Å². The second-order valence-electron chi connectivity index (χ2n) is 5.97. The number of carbonyl (C=O) groups excluding carboxylic acids is 2. The molecule has 1 atom stereocenters. The van der Waals surface area contributed by atoms with Crippen molar-refractivity contribution in [1.82, 2.24) is 0 Å². The van der Waals surface area contributed by atoms with Crippen molar-refractivity contribution in [2.45, 2.75) is 32.8 Å². The van der Waals surface area contributed by atoms with E-state index >= 15 is 0 Å². The van der Waals surface area contributed by atoms with E-state index in [-0.39, 0.29) is 5.56 Å². The molecule has 2 aromatic rings. The molecule has 0 radical (unpaired) electrons. The number of rotatable bonds is 5. The van der Waals surface area contributed by atoms with E-state index in [0.29, 0.717) is 17.7 Å². The molecular weight excluding hydrogens is 328 g/mol. The van der Waals surface area contributed by atoms with Crippen molar-refractivity contribution in [2.24, 2.45) is 0 Å². The molecule has 0 saturated heterocycles. The molecule has 1 unspecified atom stereocenters. The van der Waals surface area contributed by atoms with E-state index in [1.807, 2.05) is 12.1 Å². The number of anilines is 1. The predicted molar refractivity (Wildman–Crippen MR) is 90.4 cm³/mol. The maximum Gasteiger partial charge on any atom is 0.339 e. The zero-order chi connectivity index (χ0) is 18.6. The molecule has 0 heterocycles. The fourth-order valence-corrected chi connectivity index (χ4v) is 2.15. The molecule has 1 N–H and O–H groups in total. The van der Waals surface area contributed by atoms with Gasteiger partial charge in [-0.1, -0.05) is 26.0 Å². The Kier molecular flexibility index (Phi) is 5.85. The Morgan fingerprint density at radius 1 is 0.960 bits per heavy atom. The Bertz CT molecular complexity index is 752. The van der Waals surface area contributed by atoms with Crippen molar-refractivity contribution in [3.63, 3.8) is 0 Å². The number of nitrogens with one attached hydrogen (secondary N) is 1. The normalized spacial score (nSPS) is 11.9. The van der Waals surface area contributed by atoms with E-state index < -0.39 is 29.6 Å². The van der Waals surface area contributed by atoms with Crippen LogP contribution in [0.5, 0.6) is 0 Å². The van der Waals surface area contributed by atoms with Crippen LogP contribution >= 0.6 is 0 Å². The third-order valence-electron chi connectivity index (χ3n) is 3.60. The number of ether oxygens (including phenoxy) is 1. The van der Waals surface area contributed by atoms with Crippen molar-refractivity contribution in [1.29, 1.82) is 0 Å². The monoisotopic (exact) mass is 347 g/mol. The van der Waals surface area contributed by atoms with E-state index in [1.54, 1.807) is 12.1 Å². The Morgan fingerprint density at radius 2 is 1.52 bits per heavy atom. The molecule has 2 rings (SSSR count). The first-order chi connectivity index (χ1) is 11.8. The van der Waals surface area contributed by atoms with Gasteiger partial charge in [0.05, 0.1) is 5.56 Å². The molecule has 1 amide bonds. The maximum atomic E-state index is 13.1. The molecule has 132 valence electrons. The van der Waals surface area contributed by atoms with Crippen LogP contribution < -0.4 is 5.32 Å². The second kappa shape index (κ2) is 7.88. The highest BCUT2D eigenvalue weighted by atomic mass is 19.1. The Hall–Kier alpha value is -2.76. The molecular formula is C19H19F2NO3. The first kappa shape index (κ1) is 18.6. The SMILES string of the molecule is CC(OC(=O)c1cc(F)cc(F)c1)C(=O)Nc1ccc(C(C)C)cc1. The molecule has 0 aliphatic rings. The van der Waals surface area contributed by atoms with Crippen LogP contribution in [0, 0.1) is 11.6 Å². The minimum atomic E-state index is -1.12. The molecule has 0 bridgehead atoms. The van der Waals surface area contributed by atoms with Gasteiger partial charge >= 0.3 is 5.97 Å². The van der Waals surface area contributed by atoms with Gasteiger partial charge in [0.25, 0.3) is 5.91 Å². The van der Waals surface area contributed by atoms with Crippen molar-refractivity contribution < 1.29 is 23.1 Å². The lowest BCUT2D eigenvalue weighted by Gasteiger charge is -2.14. The smallest absolute Gasteiger partial charge is 0.339 e. The topological polar surface area (TPSA) is 55.4 Å². The summed E-state index contributed by atoms with van der Waals surface area (Å²) in [7, 11) is 0. The van der Waals surface area contributed by atoms with Gasteiger partial charge in [-0.3, -0.25) is 4.79 Å². The van der Waals surface area contributed by atoms with Crippen molar-refractivity contribution >= 4 is 17.6 Å². The summed E-state index contributed by atoms with van der Waals surface area (Å²) in [5.41, 5.74) is 1.40. The lowest BCUT2D eigenvalue weighted by Crippen LogP contribution is -2.30. The second-order valence-corrected chi connectivity index (χ2v) is 5.97. The molecule has 0 aliphatic carbocycles. The lowest BCUT2D eigenvalue weighted by molar-refractivity contribution is -0.123. The zero-order valence-electron chi connectivity index (χ0n) is 14.2. The molecule has 0 aliphatic heterocycles. The average molecular weight is 347 g/mol. The Morgan fingerprint density at radius 3 is 2.04 bits per heavy atom. The third kappa shape index (κ3) is 5.11. The van der Waals surface area contributed by atoms with Crippen LogP contribution in [0.1, 0.15) is 42.6 Å². The molecule has 25 heavy (non-hydrogen) atoms. The van der Waals surface area contributed by atoms with Crippen LogP contribution in [-0.2, 0) is 9.53 Å². The van der Waals surface area contributed by atoms with E-state index in [9.17, 15) is 18.4 Å². The largest absolute Gasteiger partial charge is 0.449 e. The van der Waals surface area contributed by atoms with Crippen LogP contribution in [0.3, 0.4) is 0 Å². The predicted octanol–water partition coefficient (Wildman–Crippen LogP) is 4.27. The minimum Gasteiger partial charge on any atom is -0.449 e. The minimum absolute atomic E-state index is 0.293. The fraction of sp³-hybridized carbons (Fsp3) is 0.263. The van der Waals surface area contributed by atoms with Crippen LogP contribution in [0.25, 0.3) is 0 Å². The summed E-state index contributed by atoms with van der Waals surface area (Å²) in [4.78, 5) is 24.0. The van der Waals surface area contributed by atoms with E-state index in [1.165, 1.54) is 6.92 Å². The lowest BCUT2D eigenvalue weighted by atomic mass is 10.0. The summed E-state index contributed by atoms with van der Waals surface area (Å²) < 4.78 is 31.2. The molecule has 0 fully saturated rings. The van der Waals surface area contributed by atoms with Gasteiger partial charge in [-0.15, -0.1) is 0 Å². The van der Waals surface area contributed by atoms with E-state index in [0.717, 1.165) is 17.7 Å². The number of esters is 1. The molecule has 4 nitrogen and oxygen atoms in total. The highest BCUT2D eigenvalue weighted by Crippen LogP contribution is 2.17. The molecule has 2 aromatic carbocycles. The molecule has 0 saturated carbocycles. The first-order valence-corrected chi connectivity index (χ1v) is 7.84. The van der Waals surface area contributed by atoms with Gasteiger partial charge in [0.1, 0.15) is 11.6 Å². The standard InChI is InChI=1S/C19H19F2NO3/c1-11(2)13-4-6-17(7-5-13)22-18(23)12(3)25-19(24)14-8-15(20)10-16(21)9-14/h4-12H,1-3H3,(H,22,23). The number of amides is 1. The van der Waals surface area contributed by atoms with Gasteiger partial charge in [-0.25, -0.2) is 13.6 Å². The van der Waals surface area contributed by atoms with Crippen LogP contribution in [-0.4, -0.2) is 18.0 Å². The summed E-state index contributed by atoms with van der Waals surface area (Å²) in [6.45, 7) is 5.50. The van der Waals surface area contributed by atoms with E-state index in [4.69, 9.17) is 4.74 Å². The zero-order valence-corrected chi connectivity index (χ0v) is 14.2. The number of benzene rings is 2.